The molecular weight excluding hydrogens is 220 g/mol. The molecule has 1 aliphatic carbocycles. The Morgan fingerprint density at radius 1 is 1.47 bits per heavy atom. The van der Waals surface area contributed by atoms with Gasteiger partial charge in [-0.1, -0.05) is 20.3 Å². The van der Waals surface area contributed by atoms with E-state index < -0.39 is 12.0 Å². The zero-order valence-corrected chi connectivity index (χ0v) is 10.5. The van der Waals surface area contributed by atoms with Gasteiger partial charge in [0.25, 0.3) is 0 Å². The number of carboxylic acid groups (broad SMARTS) is 1. The van der Waals surface area contributed by atoms with Crippen LogP contribution in [0.3, 0.4) is 0 Å². The average Bonchev–Trinajstić information content (AvgIpc) is 2.75. The van der Waals surface area contributed by atoms with Crippen LogP contribution in [0, 0.1) is 11.8 Å². The molecule has 98 valence electrons. The molecule has 1 rings (SSSR count). The smallest absolute Gasteiger partial charge is 0.306 e. The van der Waals surface area contributed by atoms with Crippen LogP contribution in [0.5, 0.6) is 0 Å². The van der Waals surface area contributed by atoms with Crippen molar-refractivity contribution in [1.82, 2.24) is 5.32 Å². The first kappa shape index (κ1) is 14.0. The number of amides is 1. The summed E-state index contributed by atoms with van der Waals surface area (Å²) in [6, 6.07) is -0.525. The molecule has 1 saturated carbocycles. The fourth-order valence-electron chi connectivity index (χ4n) is 2.15. The molecule has 4 N–H and O–H groups in total. The monoisotopic (exact) mass is 242 g/mol. The molecule has 0 saturated heterocycles. The van der Waals surface area contributed by atoms with E-state index in [2.05, 4.69) is 5.32 Å². The lowest BCUT2D eigenvalue weighted by atomic mass is 9.99. The number of rotatable bonds is 5. The number of carbonyl (C=O) groups is 2. The van der Waals surface area contributed by atoms with Gasteiger partial charge in [0.1, 0.15) is 0 Å². The second-order valence-electron chi connectivity index (χ2n) is 4.97. The summed E-state index contributed by atoms with van der Waals surface area (Å²) >= 11 is 0. The predicted octanol–water partition coefficient (Wildman–Crippen LogP) is 0.729. The highest BCUT2D eigenvalue weighted by atomic mass is 16.4. The maximum Gasteiger partial charge on any atom is 0.306 e. The summed E-state index contributed by atoms with van der Waals surface area (Å²) in [5, 5.41) is 11.7. The van der Waals surface area contributed by atoms with Crippen molar-refractivity contribution < 1.29 is 14.7 Å². The standard InChI is InChI=1S/C12H22N2O3/c1-3-7(2)10(13)11(15)14-9-5-4-8(6-9)12(16)17/h7-10H,3-6,13H2,1-2H3,(H,14,15)(H,16,17)/t7?,8-,9+,10?/m1/s1. The zero-order valence-electron chi connectivity index (χ0n) is 10.5. The van der Waals surface area contributed by atoms with E-state index in [4.69, 9.17) is 10.8 Å². The number of hydrogen-bond acceptors (Lipinski definition) is 3. The molecule has 0 spiro atoms. The topological polar surface area (TPSA) is 92.4 Å². The van der Waals surface area contributed by atoms with E-state index in [-0.39, 0.29) is 23.8 Å². The summed E-state index contributed by atoms with van der Waals surface area (Å²) in [4.78, 5) is 22.6. The van der Waals surface area contributed by atoms with Crippen molar-refractivity contribution in [1.29, 1.82) is 0 Å². The van der Waals surface area contributed by atoms with Gasteiger partial charge in [0.2, 0.25) is 5.91 Å². The Labute approximate surface area is 102 Å². The molecule has 0 aliphatic heterocycles. The van der Waals surface area contributed by atoms with Crippen molar-refractivity contribution in [3.05, 3.63) is 0 Å². The zero-order chi connectivity index (χ0) is 13.0. The molecule has 2 unspecified atom stereocenters. The molecule has 17 heavy (non-hydrogen) atoms. The number of carbonyl (C=O) groups excluding carboxylic acids is 1. The summed E-state index contributed by atoms with van der Waals surface area (Å²) < 4.78 is 0. The van der Waals surface area contributed by atoms with E-state index in [9.17, 15) is 9.59 Å². The first-order valence-electron chi connectivity index (χ1n) is 6.24. The molecule has 0 bridgehead atoms. The Kier molecular flexibility index (Phi) is 4.93. The molecular formula is C12H22N2O3. The van der Waals surface area contributed by atoms with Gasteiger partial charge in [0.05, 0.1) is 12.0 Å². The van der Waals surface area contributed by atoms with Gasteiger partial charge in [-0.15, -0.1) is 0 Å². The molecule has 5 heteroatoms. The SMILES string of the molecule is CCC(C)C(N)C(=O)N[C@H]1CC[C@@H](C(=O)O)C1. The summed E-state index contributed by atoms with van der Waals surface area (Å²) in [7, 11) is 0. The Morgan fingerprint density at radius 3 is 2.59 bits per heavy atom. The van der Waals surface area contributed by atoms with Gasteiger partial charge in [-0.2, -0.15) is 0 Å². The highest BCUT2D eigenvalue weighted by Gasteiger charge is 2.31. The Bertz CT molecular complexity index is 293. The first-order chi connectivity index (χ1) is 7.95. The van der Waals surface area contributed by atoms with E-state index in [1.54, 1.807) is 0 Å². The van der Waals surface area contributed by atoms with Gasteiger partial charge in [0.15, 0.2) is 0 Å². The highest BCUT2D eigenvalue weighted by molar-refractivity contribution is 5.82. The van der Waals surface area contributed by atoms with Gasteiger partial charge in [0, 0.05) is 6.04 Å². The van der Waals surface area contributed by atoms with Gasteiger partial charge in [-0.25, -0.2) is 0 Å². The van der Waals surface area contributed by atoms with Crippen LogP contribution in [0.25, 0.3) is 0 Å². The molecule has 0 radical (unpaired) electrons. The largest absolute Gasteiger partial charge is 0.481 e. The maximum atomic E-state index is 11.8. The van der Waals surface area contributed by atoms with Crippen molar-refractivity contribution in [2.24, 2.45) is 17.6 Å². The summed E-state index contributed by atoms with van der Waals surface area (Å²) in [6.45, 7) is 3.94. The minimum absolute atomic E-state index is 0.0290. The first-order valence-corrected chi connectivity index (χ1v) is 6.24. The summed E-state index contributed by atoms with van der Waals surface area (Å²) in [5.74, 6) is -1.10. The fourth-order valence-corrected chi connectivity index (χ4v) is 2.15. The number of nitrogens with two attached hydrogens (primary N) is 1. The van der Waals surface area contributed by atoms with Crippen LogP contribution in [0.2, 0.25) is 0 Å². The van der Waals surface area contributed by atoms with E-state index in [1.165, 1.54) is 0 Å². The van der Waals surface area contributed by atoms with Crippen molar-refractivity contribution in [2.75, 3.05) is 0 Å². The molecule has 1 aliphatic rings. The molecule has 0 heterocycles. The normalized spacial score (nSPS) is 27.5. The molecule has 0 aromatic rings. The lowest BCUT2D eigenvalue weighted by molar-refractivity contribution is -0.141. The average molecular weight is 242 g/mol. The van der Waals surface area contributed by atoms with E-state index in [1.807, 2.05) is 13.8 Å². The number of aliphatic carboxylic acids is 1. The van der Waals surface area contributed by atoms with Crippen LogP contribution in [-0.4, -0.2) is 29.1 Å². The number of nitrogens with one attached hydrogen (secondary N) is 1. The highest BCUT2D eigenvalue weighted by Crippen LogP contribution is 2.25. The van der Waals surface area contributed by atoms with Crippen LogP contribution in [0.1, 0.15) is 39.5 Å². The van der Waals surface area contributed by atoms with Crippen molar-refractivity contribution in [2.45, 2.75) is 51.6 Å². The van der Waals surface area contributed by atoms with E-state index >= 15 is 0 Å². The van der Waals surface area contributed by atoms with Crippen molar-refractivity contribution in [3.8, 4) is 0 Å². The van der Waals surface area contributed by atoms with Crippen molar-refractivity contribution >= 4 is 11.9 Å². The third-order valence-corrected chi connectivity index (χ3v) is 3.69. The van der Waals surface area contributed by atoms with Crippen LogP contribution < -0.4 is 11.1 Å². The molecule has 1 fully saturated rings. The van der Waals surface area contributed by atoms with Crippen LogP contribution in [-0.2, 0) is 9.59 Å². The van der Waals surface area contributed by atoms with Gasteiger partial charge < -0.3 is 16.2 Å². The van der Waals surface area contributed by atoms with Crippen LogP contribution in [0.4, 0.5) is 0 Å². The van der Waals surface area contributed by atoms with Gasteiger partial charge in [-0.05, 0) is 25.2 Å². The fraction of sp³-hybridized carbons (Fsp3) is 0.833. The molecule has 5 nitrogen and oxygen atoms in total. The molecule has 1 amide bonds. The molecule has 4 atom stereocenters. The Morgan fingerprint density at radius 2 is 2.12 bits per heavy atom. The minimum Gasteiger partial charge on any atom is -0.481 e. The number of hydrogen-bond donors (Lipinski definition) is 3. The Hall–Kier alpha value is -1.10. The Balaban J connectivity index is 2.40. The lowest BCUT2D eigenvalue weighted by Gasteiger charge is -2.20. The van der Waals surface area contributed by atoms with Gasteiger partial charge >= 0.3 is 5.97 Å². The number of carboxylic acids is 1. The van der Waals surface area contributed by atoms with Crippen LogP contribution >= 0.6 is 0 Å². The third-order valence-electron chi connectivity index (χ3n) is 3.69. The molecule has 0 aromatic heterocycles. The molecule has 0 aromatic carbocycles. The lowest BCUT2D eigenvalue weighted by Crippen LogP contribution is -2.47. The van der Waals surface area contributed by atoms with E-state index in [0.29, 0.717) is 12.8 Å². The predicted molar refractivity (Wildman–Crippen MR) is 64.3 cm³/mol. The quantitative estimate of drug-likeness (QED) is 0.662. The minimum atomic E-state index is -0.770. The van der Waals surface area contributed by atoms with Crippen molar-refractivity contribution in [3.63, 3.8) is 0 Å². The van der Waals surface area contributed by atoms with Gasteiger partial charge in [-0.3, -0.25) is 9.59 Å². The maximum absolute atomic E-state index is 11.8. The third kappa shape index (κ3) is 3.70. The van der Waals surface area contributed by atoms with Crippen LogP contribution in [0.15, 0.2) is 0 Å². The summed E-state index contributed by atoms with van der Waals surface area (Å²) in [5.41, 5.74) is 5.82. The second-order valence-corrected chi connectivity index (χ2v) is 4.97. The van der Waals surface area contributed by atoms with E-state index in [0.717, 1.165) is 12.8 Å². The summed E-state index contributed by atoms with van der Waals surface area (Å²) in [6.07, 6.45) is 2.75. The second kappa shape index (κ2) is 6.00.